The molecule has 3 fully saturated rings. The van der Waals surface area contributed by atoms with Crippen LogP contribution in [-0.2, 0) is 24.6 Å². The first-order valence-corrected chi connectivity index (χ1v) is 17.5. The van der Waals surface area contributed by atoms with Crippen LogP contribution in [0.25, 0.3) is 0 Å². The number of aromatic hydroxyl groups is 1. The standard InChI is InChI=1S/C42H35ClN2O6/c1-22-18-26(19-23(2)37(22)47)36-31-16-17-32-35(40(50)44(38(32)48)29-14-12-25(13-15-29)24(3)46)33(31)21-34-39(49)45(30-11-7-10-28(43)20-30)41(51)42(34,36)27-8-5-4-6-9-27/h4-16,18-20,32-36,47H,17,21H2,1-3H3/t32-,33+,34-,35-,36-,42+/m0/s1. The van der Waals surface area contributed by atoms with Crippen molar-refractivity contribution in [2.75, 3.05) is 9.80 Å². The van der Waals surface area contributed by atoms with Crippen LogP contribution in [0, 0.1) is 37.5 Å². The highest BCUT2D eigenvalue weighted by Gasteiger charge is 2.70. The number of phenols is 1. The lowest BCUT2D eigenvalue weighted by Crippen LogP contribution is -2.53. The maximum atomic E-state index is 15.4. The maximum absolute atomic E-state index is 15.4. The number of hydrogen-bond donors (Lipinski definition) is 1. The van der Waals surface area contributed by atoms with Crippen LogP contribution < -0.4 is 9.80 Å². The molecule has 8 nitrogen and oxygen atoms in total. The van der Waals surface area contributed by atoms with Gasteiger partial charge in [-0.15, -0.1) is 0 Å². The number of phenolic OH excluding ortho intramolecular Hbond substituents is 1. The number of amides is 4. The van der Waals surface area contributed by atoms with Gasteiger partial charge in [-0.05, 0) is 104 Å². The van der Waals surface area contributed by atoms with Gasteiger partial charge in [0, 0.05) is 16.5 Å². The second-order valence-corrected chi connectivity index (χ2v) is 14.6. The van der Waals surface area contributed by atoms with E-state index in [4.69, 9.17) is 11.6 Å². The maximum Gasteiger partial charge on any atom is 0.246 e. The molecule has 1 N–H and O–H groups in total. The summed E-state index contributed by atoms with van der Waals surface area (Å²) < 4.78 is 0. The van der Waals surface area contributed by atoms with Gasteiger partial charge in [-0.25, -0.2) is 4.90 Å². The lowest BCUT2D eigenvalue weighted by atomic mass is 9.49. The zero-order valence-corrected chi connectivity index (χ0v) is 29.1. The minimum absolute atomic E-state index is 0.124. The van der Waals surface area contributed by atoms with Crippen LogP contribution in [0.4, 0.5) is 11.4 Å². The average Bonchev–Trinajstić information content (AvgIpc) is 3.51. The molecule has 0 aromatic heterocycles. The molecule has 0 bridgehead atoms. The average molecular weight is 699 g/mol. The molecule has 2 heterocycles. The molecule has 2 saturated heterocycles. The van der Waals surface area contributed by atoms with E-state index >= 15 is 4.79 Å². The molecule has 4 aromatic carbocycles. The molecule has 0 radical (unpaired) electrons. The summed E-state index contributed by atoms with van der Waals surface area (Å²) in [5.74, 6) is -4.96. The Morgan fingerprint density at radius 2 is 1.47 bits per heavy atom. The molecule has 2 aliphatic heterocycles. The summed E-state index contributed by atoms with van der Waals surface area (Å²) in [6.45, 7) is 5.06. The van der Waals surface area contributed by atoms with E-state index in [0.717, 1.165) is 11.1 Å². The minimum Gasteiger partial charge on any atom is -0.507 e. The summed E-state index contributed by atoms with van der Waals surface area (Å²) in [6, 6.07) is 26.2. The predicted octanol–water partition coefficient (Wildman–Crippen LogP) is 7.23. The molecule has 8 rings (SSSR count). The number of anilines is 2. The van der Waals surface area contributed by atoms with E-state index in [1.165, 1.54) is 16.7 Å². The first-order chi connectivity index (χ1) is 24.4. The monoisotopic (exact) mass is 698 g/mol. The van der Waals surface area contributed by atoms with Crippen LogP contribution in [0.5, 0.6) is 5.75 Å². The Kier molecular flexibility index (Phi) is 7.65. The van der Waals surface area contributed by atoms with E-state index in [9.17, 15) is 24.3 Å². The van der Waals surface area contributed by atoms with E-state index in [2.05, 4.69) is 0 Å². The van der Waals surface area contributed by atoms with Crippen LogP contribution in [0.3, 0.4) is 0 Å². The third-order valence-corrected chi connectivity index (χ3v) is 11.8. The van der Waals surface area contributed by atoms with Gasteiger partial charge in [0.05, 0.1) is 34.5 Å². The molecular formula is C42H35ClN2O6. The SMILES string of the molecule is CC(=O)c1ccc(N2C(=O)[C@H]3[C@H](CC=C4[C@H]3C[C@H]3C(=O)N(c5cccc(Cl)c5)C(=O)[C@@]3(c3ccccc3)[C@H]4c3cc(C)c(O)c(C)c3)C2=O)cc1. The topological polar surface area (TPSA) is 112 Å². The third-order valence-electron chi connectivity index (χ3n) is 11.5. The zero-order valence-electron chi connectivity index (χ0n) is 28.3. The van der Waals surface area contributed by atoms with Gasteiger partial charge in [0.25, 0.3) is 0 Å². The fourth-order valence-corrected chi connectivity index (χ4v) is 9.56. The number of benzene rings is 4. The highest BCUT2D eigenvalue weighted by atomic mass is 35.5. The van der Waals surface area contributed by atoms with Crippen molar-refractivity contribution in [3.63, 3.8) is 0 Å². The summed E-state index contributed by atoms with van der Waals surface area (Å²) in [5, 5.41) is 11.2. The summed E-state index contributed by atoms with van der Waals surface area (Å²) in [7, 11) is 0. The highest BCUT2D eigenvalue weighted by molar-refractivity contribution is 6.32. The number of hydrogen-bond acceptors (Lipinski definition) is 6. The summed E-state index contributed by atoms with van der Waals surface area (Å²) in [5.41, 5.74) is 3.32. The van der Waals surface area contributed by atoms with Gasteiger partial charge >= 0.3 is 0 Å². The largest absolute Gasteiger partial charge is 0.507 e. The smallest absolute Gasteiger partial charge is 0.246 e. The molecule has 0 spiro atoms. The van der Waals surface area contributed by atoms with Gasteiger partial charge in [-0.2, -0.15) is 0 Å². The fourth-order valence-electron chi connectivity index (χ4n) is 9.37. The number of halogens is 1. The van der Waals surface area contributed by atoms with Crippen LogP contribution in [-0.4, -0.2) is 34.5 Å². The number of carbonyl (C=O) groups is 5. The lowest BCUT2D eigenvalue weighted by molar-refractivity contribution is -0.127. The summed E-state index contributed by atoms with van der Waals surface area (Å²) in [6.07, 6.45) is 2.47. The van der Waals surface area contributed by atoms with Crippen LogP contribution in [0.1, 0.15) is 58.3 Å². The Bertz CT molecular complexity index is 2190. The first-order valence-electron chi connectivity index (χ1n) is 17.1. The Morgan fingerprint density at radius 3 is 2.12 bits per heavy atom. The van der Waals surface area contributed by atoms with Gasteiger partial charge in [0.1, 0.15) is 5.75 Å². The predicted molar refractivity (Wildman–Crippen MR) is 193 cm³/mol. The number of aryl methyl sites for hydroxylation is 2. The molecule has 6 atom stereocenters. The van der Waals surface area contributed by atoms with Crippen molar-refractivity contribution >= 4 is 52.4 Å². The molecule has 4 amide bonds. The Morgan fingerprint density at radius 1 is 0.784 bits per heavy atom. The van der Waals surface area contributed by atoms with Gasteiger partial charge in [0.2, 0.25) is 23.6 Å². The molecule has 51 heavy (non-hydrogen) atoms. The van der Waals surface area contributed by atoms with Crippen LogP contribution in [0.15, 0.2) is 103 Å². The number of Topliss-reactive ketones (excluding diaryl/α,β-unsaturated/α-hetero) is 1. The van der Waals surface area contributed by atoms with Gasteiger partial charge in [-0.1, -0.05) is 71.8 Å². The number of imide groups is 2. The van der Waals surface area contributed by atoms with E-state index < -0.39 is 40.9 Å². The van der Waals surface area contributed by atoms with Crippen LogP contribution in [0.2, 0.25) is 5.02 Å². The van der Waals surface area contributed by atoms with E-state index in [1.54, 1.807) is 62.4 Å². The number of rotatable bonds is 5. The molecule has 256 valence electrons. The quantitative estimate of drug-likeness (QED) is 0.134. The molecule has 1 saturated carbocycles. The molecule has 4 aliphatic rings. The summed E-state index contributed by atoms with van der Waals surface area (Å²) >= 11 is 6.40. The Labute approximate surface area is 300 Å². The number of allylic oxidation sites excluding steroid dienone is 2. The van der Waals surface area contributed by atoms with Gasteiger partial charge in [-0.3, -0.25) is 28.9 Å². The fraction of sp³-hybridized carbons (Fsp3) is 0.262. The normalized spacial score (nSPS) is 26.9. The van der Waals surface area contributed by atoms with Crippen molar-refractivity contribution in [1.82, 2.24) is 0 Å². The molecular weight excluding hydrogens is 664 g/mol. The molecule has 0 unspecified atom stereocenters. The third kappa shape index (κ3) is 4.69. The second-order valence-electron chi connectivity index (χ2n) is 14.2. The number of nitrogens with zero attached hydrogens (tertiary/aromatic N) is 2. The summed E-state index contributed by atoms with van der Waals surface area (Å²) in [4.78, 5) is 73.3. The second kappa shape index (κ2) is 11.9. The molecule has 9 heteroatoms. The van der Waals surface area contributed by atoms with Gasteiger partial charge in [0.15, 0.2) is 5.78 Å². The van der Waals surface area contributed by atoms with E-state index in [0.29, 0.717) is 38.7 Å². The highest BCUT2D eigenvalue weighted by Crippen LogP contribution is 2.64. The van der Waals surface area contributed by atoms with Crippen molar-refractivity contribution in [3.8, 4) is 5.75 Å². The minimum atomic E-state index is -1.40. The van der Waals surface area contributed by atoms with Crippen molar-refractivity contribution in [1.29, 1.82) is 0 Å². The number of ketones is 1. The van der Waals surface area contributed by atoms with E-state index in [-0.39, 0.29) is 42.1 Å². The molecule has 4 aromatic rings. The van der Waals surface area contributed by atoms with Crippen LogP contribution >= 0.6 is 11.6 Å². The Hall–Kier alpha value is -5.34. The van der Waals surface area contributed by atoms with Crippen molar-refractivity contribution in [2.24, 2.45) is 23.7 Å². The zero-order chi connectivity index (χ0) is 35.9. The first kappa shape index (κ1) is 32.8. The van der Waals surface area contributed by atoms with Crippen molar-refractivity contribution < 1.29 is 29.1 Å². The van der Waals surface area contributed by atoms with E-state index in [1.807, 2.05) is 48.5 Å². The lowest BCUT2D eigenvalue weighted by Gasteiger charge is -2.51. The molecule has 2 aliphatic carbocycles. The number of fused-ring (bicyclic) bond motifs is 4. The van der Waals surface area contributed by atoms with Crippen molar-refractivity contribution in [3.05, 3.63) is 135 Å². The van der Waals surface area contributed by atoms with Crippen molar-refractivity contribution in [2.45, 2.75) is 44.9 Å². The number of carbonyl (C=O) groups excluding carboxylic acids is 5. The van der Waals surface area contributed by atoms with Gasteiger partial charge < -0.3 is 5.11 Å². The Balaban J connectivity index is 1.34.